The molecule has 0 bridgehead atoms. The van der Waals surface area contributed by atoms with Gasteiger partial charge in [0, 0.05) is 0 Å². The fraction of sp³-hybridized carbons (Fsp3) is 0.333. The first-order valence-corrected chi connectivity index (χ1v) is 2.13. The molecule has 0 N–H and O–H groups in total. The van der Waals surface area contributed by atoms with E-state index in [9.17, 15) is 0 Å². The van der Waals surface area contributed by atoms with Crippen molar-refractivity contribution in [3.05, 3.63) is 11.0 Å². The van der Waals surface area contributed by atoms with E-state index in [1.807, 2.05) is 0 Å². The van der Waals surface area contributed by atoms with Crippen molar-refractivity contribution in [2.45, 2.75) is 7.43 Å². The van der Waals surface area contributed by atoms with Crippen LogP contribution in [-0.4, -0.2) is 10.2 Å². The largest absolute Gasteiger partial charge is 0.147 e. The zero-order valence-electron chi connectivity index (χ0n) is 2.46. The zero-order chi connectivity index (χ0) is 3.54. The molecule has 0 saturated carbocycles. The van der Waals surface area contributed by atoms with Crippen molar-refractivity contribution in [3.8, 4) is 0 Å². The van der Waals surface area contributed by atoms with Crippen LogP contribution >= 0.6 is 11.3 Å². The molecule has 0 aliphatic rings. The quantitative estimate of drug-likeness (QED) is 0.491. The summed E-state index contributed by atoms with van der Waals surface area (Å²) in [7, 11) is 0. The van der Waals surface area contributed by atoms with Crippen molar-refractivity contribution in [1.29, 1.82) is 0 Å². The number of aromatic nitrogens is 2. The molecule has 0 atom stereocenters. The summed E-state index contributed by atoms with van der Waals surface area (Å²) >= 11 is 1.49. The average Bonchev–Trinajstić information content (AvgIpc) is 1.76. The van der Waals surface area contributed by atoms with Gasteiger partial charge in [0.2, 0.25) is 0 Å². The first-order valence-electron chi connectivity index (χ1n) is 1.19. The van der Waals surface area contributed by atoms with Crippen LogP contribution in [0.1, 0.15) is 7.43 Å². The molecule has 3 heteroatoms. The molecular formula is C3H6N2S. The van der Waals surface area contributed by atoms with Gasteiger partial charge < -0.3 is 0 Å². The highest BCUT2D eigenvalue weighted by atomic mass is 32.1. The van der Waals surface area contributed by atoms with Crippen LogP contribution in [0.15, 0.2) is 11.0 Å². The summed E-state index contributed by atoms with van der Waals surface area (Å²) in [5, 5.41) is 6.98. The van der Waals surface area contributed by atoms with Gasteiger partial charge in [-0.1, -0.05) is 7.43 Å². The summed E-state index contributed by atoms with van der Waals surface area (Å²) in [5.74, 6) is 0. The minimum absolute atomic E-state index is 0. The van der Waals surface area contributed by atoms with Crippen molar-refractivity contribution in [2.75, 3.05) is 0 Å². The van der Waals surface area contributed by atoms with Gasteiger partial charge in [0.1, 0.15) is 11.0 Å². The lowest BCUT2D eigenvalue weighted by Crippen LogP contribution is -1.53. The monoisotopic (exact) mass is 102 g/mol. The van der Waals surface area contributed by atoms with Crippen LogP contribution in [0.3, 0.4) is 0 Å². The lowest BCUT2D eigenvalue weighted by atomic mass is 11.6. The van der Waals surface area contributed by atoms with Gasteiger partial charge in [0.15, 0.2) is 0 Å². The first kappa shape index (κ1) is 5.56. The Morgan fingerprint density at radius 3 is 1.83 bits per heavy atom. The average molecular weight is 102 g/mol. The molecule has 0 fully saturated rings. The summed E-state index contributed by atoms with van der Waals surface area (Å²) in [5.41, 5.74) is 3.36. The van der Waals surface area contributed by atoms with Gasteiger partial charge in [-0.25, -0.2) is 0 Å². The molecule has 0 spiro atoms. The summed E-state index contributed by atoms with van der Waals surface area (Å²) < 4.78 is 0. The minimum atomic E-state index is 0. The second-order valence-electron chi connectivity index (χ2n) is 0.578. The molecule has 0 unspecified atom stereocenters. The van der Waals surface area contributed by atoms with Gasteiger partial charge in [-0.2, -0.15) is 0 Å². The number of hydrogen-bond acceptors (Lipinski definition) is 3. The van der Waals surface area contributed by atoms with Crippen LogP contribution < -0.4 is 0 Å². The molecular weight excluding hydrogens is 96.1 g/mol. The van der Waals surface area contributed by atoms with Gasteiger partial charge in [-0.3, -0.25) is 0 Å². The number of hydrogen-bond donors (Lipinski definition) is 0. The van der Waals surface area contributed by atoms with Crippen LogP contribution in [0, 0.1) is 0 Å². The second kappa shape index (κ2) is 2.78. The molecule has 34 valence electrons. The van der Waals surface area contributed by atoms with E-state index in [0.717, 1.165) is 0 Å². The summed E-state index contributed by atoms with van der Waals surface area (Å²) in [6.07, 6.45) is 0. The maximum Gasteiger partial charge on any atom is 0.103 e. The number of rotatable bonds is 0. The molecule has 1 rings (SSSR count). The van der Waals surface area contributed by atoms with Gasteiger partial charge in [-0.05, 0) is 0 Å². The maximum absolute atomic E-state index is 3.49. The normalized spacial score (nSPS) is 6.67. The number of nitrogens with zero attached hydrogens (tertiary/aromatic N) is 2. The SMILES string of the molecule is C.c1nncs1. The fourth-order valence-corrected chi connectivity index (χ4v) is 0.408. The van der Waals surface area contributed by atoms with E-state index in [4.69, 9.17) is 0 Å². The lowest BCUT2D eigenvalue weighted by molar-refractivity contribution is 1.09. The van der Waals surface area contributed by atoms with Crippen molar-refractivity contribution in [1.82, 2.24) is 10.2 Å². The highest BCUT2D eigenvalue weighted by Gasteiger charge is 1.60. The minimum Gasteiger partial charge on any atom is -0.147 e. The Morgan fingerprint density at radius 1 is 1.17 bits per heavy atom. The highest BCUT2D eigenvalue weighted by molar-refractivity contribution is 7.07. The third-order valence-electron chi connectivity index (χ3n) is 0.283. The Labute approximate surface area is 40.9 Å². The maximum atomic E-state index is 3.49. The van der Waals surface area contributed by atoms with Crippen LogP contribution in [0.2, 0.25) is 0 Å². The Bertz CT molecular complexity index is 65.3. The molecule has 0 aromatic carbocycles. The van der Waals surface area contributed by atoms with E-state index < -0.39 is 0 Å². The first-order chi connectivity index (χ1) is 2.50. The lowest BCUT2D eigenvalue weighted by Gasteiger charge is -1.41. The van der Waals surface area contributed by atoms with Gasteiger partial charge >= 0.3 is 0 Å². The summed E-state index contributed by atoms with van der Waals surface area (Å²) in [6.45, 7) is 0. The molecule has 1 aromatic rings. The predicted molar refractivity (Wildman–Crippen MR) is 26.6 cm³/mol. The molecule has 1 aromatic heterocycles. The van der Waals surface area contributed by atoms with Gasteiger partial charge in [-0.15, -0.1) is 21.5 Å². The zero-order valence-corrected chi connectivity index (χ0v) is 3.27. The second-order valence-corrected chi connectivity index (χ2v) is 1.27. The molecule has 6 heavy (non-hydrogen) atoms. The van der Waals surface area contributed by atoms with Gasteiger partial charge in [0.05, 0.1) is 0 Å². The van der Waals surface area contributed by atoms with E-state index in [1.165, 1.54) is 11.3 Å². The van der Waals surface area contributed by atoms with E-state index in [0.29, 0.717) is 0 Å². The predicted octanol–water partition coefficient (Wildman–Crippen LogP) is 1.17. The molecule has 0 amide bonds. The molecule has 0 aliphatic heterocycles. The van der Waals surface area contributed by atoms with Crippen LogP contribution in [0.5, 0.6) is 0 Å². The molecule has 0 aliphatic carbocycles. The van der Waals surface area contributed by atoms with Crippen molar-refractivity contribution in [3.63, 3.8) is 0 Å². The van der Waals surface area contributed by atoms with Crippen molar-refractivity contribution < 1.29 is 0 Å². The molecule has 1 heterocycles. The van der Waals surface area contributed by atoms with E-state index in [1.54, 1.807) is 11.0 Å². The Kier molecular flexibility index (Phi) is 2.58. The molecule has 0 saturated heterocycles. The highest BCUT2D eigenvalue weighted by Crippen LogP contribution is 1.80. The molecule has 0 radical (unpaired) electrons. The van der Waals surface area contributed by atoms with Crippen LogP contribution in [0.4, 0.5) is 0 Å². The van der Waals surface area contributed by atoms with Crippen molar-refractivity contribution >= 4 is 11.3 Å². The Balaban J connectivity index is 0.000000250. The van der Waals surface area contributed by atoms with E-state index in [2.05, 4.69) is 10.2 Å². The summed E-state index contributed by atoms with van der Waals surface area (Å²) in [4.78, 5) is 0. The van der Waals surface area contributed by atoms with Crippen LogP contribution in [0.25, 0.3) is 0 Å². The summed E-state index contributed by atoms with van der Waals surface area (Å²) in [6, 6.07) is 0. The molecule has 2 nitrogen and oxygen atoms in total. The van der Waals surface area contributed by atoms with Gasteiger partial charge in [0.25, 0.3) is 0 Å². The van der Waals surface area contributed by atoms with E-state index >= 15 is 0 Å². The third-order valence-corrected chi connectivity index (χ3v) is 0.715. The fourth-order valence-electron chi connectivity index (χ4n) is 0.136. The standard InChI is InChI=1S/C2H2N2S.CH4/c1-3-4-2-5-1;/h1-2H;1H4. The van der Waals surface area contributed by atoms with Crippen molar-refractivity contribution in [2.24, 2.45) is 0 Å². The van der Waals surface area contributed by atoms with Crippen LogP contribution in [-0.2, 0) is 0 Å². The smallest absolute Gasteiger partial charge is 0.103 e. The van der Waals surface area contributed by atoms with E-state index in [-0.39, 0.29) is 7.43 Å². The Hall–Kier alpha value is -0.440. The topological polar surface area (TPSA) is 25.8 Å². The third kappa shape index (κ3) is 1.12. The Morgan fingerprint density at radius 2 is 1.67 bits per heavy atom.